The Bertz CT molecular complexity index is 322. The minimum atomic E-state index is -0.0500. The lowest BCUT2D eigenvalue weighted by Crippen LogP contribution is -2.66. The largest absolute Gasteiger partial charge is 0.391 e. The molecule has 0 saturated carbocycles. The molecule has 4 aliphatic rings. The van der Waals surface area contributed by atoms with Gasteiger partial charge in [0.25, 0.3) is 0 Å². The quantitative estimate of drug-likeness (QED) is 0.702. The predicted molar refractivity (Wildman–Crippen MR) is 71.4 cm³/mol. The molecular weight excluding hydrogens is 224 g/mol. The lowest BCUT2D eigenvalue weighted by molar-refractivity contribution is -0.111. The van der Waals surface area contributed by atoms with Gasteiger partial charge in [-0.25, -0.2) is 0 Å². The van der Waals surface area contributed by atoms with Gasteiger partial charge in [-0.1, -0.05) is 6.42 Å². The van der Waals surface area contributed by atoms with E-state index in [4.69, 9.17) is 0 Å². The molecule has 1 unspecified atom stereocenters. The molecule has 102 valence electrons. The summed E-state index contributed by atoms with van der Waals surface area (Å²) in [6, 6.07) is 1.35. The fourth-order valence-electron chi connectivity index (χ4n) is 5.34. The lowest BCUT2D eigenvalue weighted by Gasteiger charge is -2.58. The number of nitrogens with zero attached hydrogens (tertiary/aromatic N) is 2. The summed E-state index contributed by atoms with van der Waals surface area (Å²) in [5.74, 6) is 1.64. The third-order valence-corrected chi connectivity index (χ3v) is 6.00. The summed E-state index contributed by atoms with van der Waals surface area (Å²) in [5.41, 5.74) is 0. The van der Waals surface area contributed by atoms with Crippen molar-refractivity contribution in [3.05, 3.63) is 0 Å². The van der Waals surface area contributed by atoms with Crippen molar-refractivity contribution >= 4 is 0 Å². The molecule has 18 heavy (non-hydrogen) atoms. The zero-order chi connectivity index (χ0) is 12.1. The van der Waals surface area contributed by atoms with Gasteiger partial charge in [-0.05, 0) is 57.0 Å². The molecule has 0 aromatic rings. The maximum absolute atomic E-state index is 10.4. The van der Waals surface area contributed by atoms with Crippen LogP contribution in [0.4, 0.5) is 0 Å². The average molecular weight is 250 g/mol. The van der Waals surface area contributed by atoms with Crippen molar-refractivity contribution in [2.45, 2.75) is 56.7 Å². The van der Waals surface area contributed by atoms with E-state index < -0.39 is 0 Å². The second kappa shape index (κ2) is 4.46. The van der Waals surface area contributed by atoms with E-state index in [2.05, 4.69) is 9.80 Å². The molecule has 4 heterocycles. The van der Waals surface area contributed by atoms with Gasteiger partial charge in [-0.15, -0.1) is 0 Å². The molecule has 0 amide bonds. The van der Waals surface area contributed by atoms with Crippen LogP contribution in [0.1, 0.15) is 38.5 Å². The molecule has 3 heteroatoms. The molecule has 3 nitrogen and oxygen atoms in total. The standard InChI is InChI=1S/C15H26N2O/c18-14-5-3-7-17-9-11-8-12(15(14)17)10-16-6-2-1-4-13(11)16/h11-15,18H,1-10H2/t11-,12+,13-,14?,15-/m0/s1. The normalized spacial score (nSPS) is 49.5. The van der Waals surface area contributed by atoms with Crippen LogP contribution in [0.2, 0.25) is 0 Å². The minimum absolute atomic E-state index is 0.0500. The molecule has 4 saturated heterocycles. The smallest absolute Gasteiger partial charge is 0.0699 e. The SMILES string of the molecule is OC1CCCN2C[C@@H]3C[C@H](CN4CCCC[C@@H]34)[C@@H]12. The molecule has 0 aromatic heterocycles. The molecule has 0 spiro atoms. The summed E-state index contributed by atoms with van der Waals surface area (Å²) in [5, 5.41) is 10.4. The highest BCUT2D eigenvalue weighted by atomic mass is 16.3. The number of piperidine rings is 4. The van der Waals surface area contributed by atoms with Gasteiger partial charge in [0.2, 0.25) is 0 Å². The van der Waals surface area contributed by atoms with E-state index in [-0.39, 0.29) is 6.10 Å². The number of hydrogen-bond donors (Lipinski definition) is 1. The molecular formula is C15H26N2O. The van der Waals surface area contributed by atoms with Crippen LogP contribution >= 0.6 is 0 Å². The van der Waals surface area contributed by atoms with E-state index in [1.54, 1.807) is 0 Å². The van der Waals surface area contributed by atoms with Gasteiger partial charge in [0.05, 0.1) is 6.10 Å². The van der Waals surface area contributed by atoms with Crippen molar-refractivity contribution in [1.82, 2.24) is 9.80 Å². The second-order valence-electron chi connectivity index (χ2n) is 7.01. The Morgan fingerprint density at radius 1 is 0.833 bits per heavy atom. The van der Waals surface area contributed by atoms with Crippen molar-refractivity contribution in [3.8, 4) is 0 Å². The first-order chi connectivity index (χ1) is 8.83. The van der Waals surface area contributed by atoms with Crippen LogP contribution in [0.25, 0.3) is 0 Å². The Kier molecular flexibility index (Phi) is 2.90. The fourth-order valence-corrected chi connectivity index (χ4v) is 5.34. The highest BCUT2D eigenvalue weighted by Crippen LogP contribution is 2.42. The number of aliphatic hydroxyl groups excluding tert-OH is 1. The molecule has 2 bridgehead atoms. The second-order valence-corrected chi connectivity index (χ2v) is 7.01. The van der Waals surface area contributed by atoms with E-state index in [0.29, 0.717) is 6.04 Å². The molecule has 4 rings (SSSR count). The van der Waals surface area contributed by atoms with Gasteiger partial charge >= 0.3 is 0 Å². The highest BCUT2D eigenvalue weighted by Gasteiger charge is 2.48. The fraction of sp³-hybridized carbons (Fsp3) is 1.00. The minimum Gasteiger partial charge on any atom is -0.391 e. The van der Waals surface area contributed by atoms with Crippen molar-refractivity contribution in [3.63, 3.8) is 0 Å². The summed E-state index contributed by atoms with van der Waals surface area (Å²) >= 11 is 0. The molecule has 5 atom stereocenters. The van der Waals surface area contributed by atoms with Crippen LogP contribution < -0.4 is 0 Å². The van der Waals surface area contributed by atoms with Crippen molar-refractivity contribution in [2.75, 3.05) is 26.2 Å². The van der Waals surface area contributed by atoms with Gasteiger partial charge in [0.1, 0.15) is 0 Å². The monoisotopic (exact) mass is 250 g/mol. The highest BCUT2D eigenvalue weighted by molar-refractivity contribution is 5.02. The number of rotatable bonds is 0. The van der Waals surface area contributed by atoms with Crippen molar-refractivity contribution in [1.29, 1.82) is 0 Å². The van der Waals surface area contributed by atoms with Crippen LogP contribution in [0.5, 0.6) is 0 Å². The summed E-state index contributed by atoms with van der Waals surface area (Å²) in [7, 11) is 0. The van der Waals surface area contributed by atoms with Gasteiger partial charge in [0, 0.05) is 25.2 Å². The first-order valence-corrected chi connectivity index (χ1v) is 7.99. The molecule has 0 aromatic carbocycles. The van der Waals surface area contributed by atoms with E-state index in [9.17, 15) is 5.11 Å². The Morgan fingerprint density at radius 3 is 2.61 bits per heavy atom. The van der Waals surface area contributed by atoms with E-state index in [0.717, 1.165) is 24.3 Å². The van der Waals surface area contributed by atoms with E-state index >= 15 is 0 Å². The summed E-state index contributed by atoms with van der Waals surface area (Å²) < 4.78 is 0. The van der Waals surface area contributed by atoms with E-state index in [1.165, 1.54) is 58.3 Å². The van der Waals surface area contributed by atoms with E-state index in [1.807, 2.05) is 0 Å². The van der Waals surface area contributed by atoms with Crippen LogP contribution in [0.15, 0.2) is 0 Å². The van der Waals surface area contributed by atoms with Gasteiger partial charge in [-0.3, -0.25) is 9.80 Å². The summed E-state index contributed by atoms with van der Waals surface area (Å²) in [6.45, 7) is 5.08. The molecule has 1 N–H and O–H groups in total. The first kappa shape index (κ1) is 11.7. The average Bonchev–Trinajstić information content (AvgIpc) is 2.39. The van der Waals surface area contributed by atoms with Crippen LogP contribution in [-0.2, 0) is 0 Å². The zero-order valence-corrected chi connectivity index (χ0v) is 11.3. The molecule has 0 radical (unpaired) electrons. The molecule has 0 aliphatic carbocycles. The Morgan fingerprint density at radius 2 is 1.67 bits per heavy atom. The third kappa shape index (κ3) is 1.75. The van der Waals surface area contributed by atoms with Gasteiger partial charge < -0.3 is 5.11 Å². The molecule has 4 aliphatic heterocycles. The van der Waals surface area contributed by atoms with Gasteiger partial charge in [0.15, 0.2) is 0 Å². The Hall–Kier alpha value is -0.120. The van der Waals surface area contributed by atoms with Crippen LogP contribution in [0.3, 0.4) is 0 Å². The Labute approximate surface area is 110 Å². The molecule has 4 fully saturated rings. The topological polar surface area (TPSA) is 26.7 Å². The number of fused-ring (bicyclic) bond motifs is 6. The maximum Gasteiger partial charge on any atom is 0.0699 e. The zero-order valence-electron chi connectivity index (χ0n) is 11.3. The predicted octanol–water partition coefficient (Wildman–Crippen LogP) is 1.32. The Balaban J connectivity index is 1.58. The lowest BCUT2D eigenvalue weighted by atomic mass is 9.70. The number of aliphatic hydroxyl groups is 1. The third-order valence-electron chi connectivity index (χ3n) is 6.00. The van der Waals surface area contributed by atoms with Crippen LogP contribution in [-0.4, -0.2) is 59.3 Å². The summed E-state index contributed by atoms with van der Waals surface area (Å²) in [4.78, 5) is 5.40. The first-order valence-electron chi connectivity index (χ1n) is 7.99. The maximum atomic E-state index is 10.4. The van der Waals surface area contributed by atoms with Crippen molar-refractivity contribution in [2.24, 2.45) is 11.8 Å². The number of hydrogen-bond acceptors (Lipinski definition) is 3. The summed E-state index contributed by atoms with van der Waals surface area (Å²) in [6.07, 6.45) is 7.84. The van der Waals surface area contributed by atoms with Crippen molar-refractivity contribution < 1.29 is 5.11 Å². The van der Waals surface area contributed by atoms with Gasteiger partial charge in [-0.2, -0.15) is 0 Å². The van der Waals surface area contributed by atoms with Crippen LogP contribution in [0, 0.1) is 11.8 Å².